The van der Waals surface area contributed by atoms with Crippen molar-refractivity contribution in [1.29, 1.82) is 0 Å². The standard InChI is InChI=1S/C15H15BrN2O/c1-18-9-10(5-8-15(18)19)17-14-7-6-11-12(14)3-2-4-13(11)16/h2-5,8-9,14,17H,6-7H2,1H3. The maximum atomic E-state index is 11.4. The summed E-state index contributed by atoms with van der Waals surface area (Å²) in [5.41, 5.74) is 3.74. The first-order valence-corrected chi connectivity index (χ1v) is 7.15. The number of nitrogens with one attached hydrogen (secondary N) is 1. The highest BCUT2D eigenvalue weighted by atomic mass is 79.9. The van der Waals surface area contributed by atoms with Crippen LogP contribution in [-0.2, 0) is 13.5 Å². The molecular weight excluding hydrogens is 304 g/mol. The van der Waals surface area contributed by atoms with E-state index in [-0.39, 0.29) is 5.56 Å². The fraction of sp³-hybridized carbons (Fsp3) is 0.267. The number of hydrogen-bond acceptors (Lipinski definition) is 2. The summed E-state index contributed by atoms with van der Waals surface area (Å²) in [4.78, 5) is 11.4. The molecule has 0 saturated heterocycles. The minimum absolute atomic E-state index is 0.0140. The maximum Gasteiger partial charge on any atom is 0.250 e. The van der Waals surface area contributed by atoms with Crippen molar-refractivity contribution >= 4 is 21.6 Å². The van der Waals surface area contributed by atoms with Crippen molar-refractivity contribution in [2.24, 2.45) is 7.05 Å². The molecule has 0 amide bonds. The highest BCUT2D eigenvalue weighted by molar-refractivity contribution is 9.10. The van der Waals surface area contributed by atoms with Crippen LogP contribution in [0.5, 0.6) is 0 Å². The van der Waals surface area contributed by atoms with Crippen LogP contribution in [0.15, 0.2) is 45.8 Å². The summed E-state index contributed by atoms with van der Waals surface area (Å²) in [5.74, 6) is 0. The van der Waals surface area contributed by atoms with Gasteiger partial charge < -0.3 is 9.88 Å². The largest absolute Gasteiger partial charge is 0.377 e. The van der Waals surface area contributed by atoms with E-state index in [2.05, 4.69) is 39.4 Å². The summed E-state index contributed by atoms with van der Waals surface area (Å²) in [6.07, 6.45) is 4.01. The predicted molar refractivity (Wildman–Crippen MR) is 80.5 cm³/mol. The van der Waals surface area contributed by atoms with Gasteiger partial charge in [0, 0.05) is 23.8 Å². The first-order valence-electron chi connectivity index (χ1n) is 6.35. The van der Waals surface area contributed by atoms with Gasteiger partial charge in [-0.15, -0.1) is 0 Å². The second kappa shape index (κ2) is 4.85. The van der Waals surface area contributed by atoms with Gasteiger partial charge in [-0.1, -0.05) is 28.1 Å². The maximum absolute atomic E-state index is 11.4. The second-order valence-corrected chi connectivity index (χ2v) is 5.76. The third kappa shape index (κ3) is 2.32. The Morgan fingerprint density at radius 2 is 2.16 bits per heavy atom. The van der Waals surface area contributed by atoms with Gasteiger partial charge in [-0.25, -0.2) is 0 Å². The summed E-state index contributed by atoms with van der Waals surface area (Å²) >= 11 is 3.61. The molecule has 0 radical (unpaired) electrons. The minimum atomic E-state index is 0.0140. The molecule has 4 heteroatoms. The van der Waals surface area contributed by atoms with E-state index >= 15 is 0 Å². The van der Waals surface area contributed by atoms with Gasteiger partial charge in [0.2, 0.25) is 5.56 Å². The van der Waals surface area contributed by atoms with E-state index in [4.69, 9.17) is 0 Å². The van der Waals surface area contributed by atoms with Crippen molar-refractivity contribution in [2.45, 2.75) is 18.9 Å². The fourth-order valence-electron chi connectivity index (χ4n) is 2.64. The molecule has 1 heterocycles. The number of aryl methyl sites for hydroxylation is 1. The van der Waals surface area contributed by atoms with E-state index in [0.29, 0.717) is 6.04 Å². The quantitative estimate of drug-likeness (QED) is 0.922. The number of benzene rings is 1. The van der Waals surface area contributed by atoms with Crippen LogP contribution in [-0.4, -0.2) is 4.57 Å². The average Bonchev–Trinajstić information content (AvgIpc) is 2.79. The number of pyridine rings is 1. The Balaban J connectivity index is 1.88. The lowest BCUT2D eigenvalue weighted by Crippen LogP contribution is -2.16. The van der Waals surface area contributed by atoms with Crippen molar-refractivity contribution in [1.82, 2.24) is 4.57 Å². The third-order valence-corrected chi connectivity index (χ3v) is 4.38. The molecule has 2 aromatic rings. The molecule has 1 N–H and O–H groups in total. The molecule has 98 valence electrons. The van der Waals surface area contributed by atoms with Crippen LogP contribution >= 0.6 is 15.9 Å². The first-order chi connectivity index (χ1) is 9.15. The van der Waals surface area contributed by atoms with E-state index in [1.54, 1.807) is 17.7 Å². The summed E-state index contributed by atoms with van der Waals surface area (Å²) < 4.78 is 2.79. The number of anilines is 1. The van der Waals surface area contributed by atoms with Crippen molar-refractivity contribution < 1.29 is 0 Å². The fourth-order valence-corrected chi connectivity index (χ4v) is 3.22. The SMILES string of the molecule is Cn1cc(NC2CCc3c(Br)cccc32)ccc1=O. The van der Waals surface area contributed by atoms with Crippen molar-refractivity contribution in [3.05, 3.63) is 62.5 Å². The number of rotatable bonds is 2. The van der Waals surface area contributed by atoms with Gasteiger partial charge in [0.25, 0.3) is 0 Å². The van der Waals surface area contributed by atoms with Gasteiger partial charge in [0.15, 0.2) is 0 Å². The molecule has 0 aliphatic heterocycles. The molecule has 1 aliphatic carbocycles. The van der Waals surface area contributed by atoms with Gasteiger partial charge in [-0.05, 0) is 36.1 Å². The molecule has 1 unspecified atom stereocenters. The minimum Gasteiger partial charge on any atom is -0.377 e. The molecule has 0 spiro atoms. The topological polar surface area (TPSA) is 34.0 Å². The number of fused-ring (bicyclic) bond motifs is 1. The van der Waals surface area contributed by atoms with Gasteiger partial charge in [-0.3, -0.25) is 4.79 Å². The molecule has 0 bridgehead atoms. The molecule has 1 aromatic carbocycles. The molecule has 1 atom stereocenters. The van der Waals surface area contributed by atoms with Crippen molar-refractivity contribution in [3.8, 4) is 0 Å². The van der Waals surface area contributed by atoms with Crippen LogP contribution in [0.2, 0.25) is 0 Å². The van der Waals surface area contributed by atoms with E-state index in [1.165, 1.54) is 15.6 Å². The Bertz CT molecular complexity index is 678. The predicted octanol–water partition coefficient (Wildman–Crippen LogP) is 3.25. The lowest BCUT2D eigenvalue weighted by molar-refractivity contribution is 0.756. The molecule has 3 rings (SSSR count). The normalized spacial score (nSPS) is 17.3. The summed E-state index contributed by atoms with van der Waals surface area (Å²) in [6.45, 7) is 0. The number of nitrogens with zero attached hydrogens (tertiary/aromatic N) is 1. The van der Waals surface area contributed by atoms with Crippen LogP contribution < -0.4 is 10.9 Å². The second-order valence-electron chi connectivity index (χ2n) is 4.91. The van der Waals surface area contributed by atoms with Gasteiger partial charge in [0.05, 0.1) is 11.7 Å². The van der Waals surface area contributed by atoms with Crippen LogP contribution in [0.25, 0.3) is 0 Å². The van der Waals surface area contributed by atoms with Crippen LogP contribution in [0.3, 0.4) is 0 Å². The molecule has 1 aromatic heterocycles. The van der Waals surface area contributed by atoms with Gasteiger partial charge >= 0.3 is 0 Å². The van der Waals surface area contributed by atoms with Gasteiger partial charge in [-0.2, -0.15) is 0 Å². The summed E-state index contributed by atoms with van der Waals surface area (Å²) in [5, 5.41) is 3.51. The zero-order chi connectivity index (χ0) is 13.4. The highest BCUT2D eigenvalue weighted by Gasteiger charge is 2.23. The van der Waals surface area contributed by atoms with E-state index in [9.17, 15) is 4.79 Å². The summed E-state index contributed by atoms with van der Waals surface area (Å²) in [7, 11) is 1.77. The molecule has 0 saturated carbocycles. The van der Waals surface area contributed by atoms with E-state index in [0.717, 1.165) is 18.5 Å². The molecule has 19 heavy (non-hydrogen) atoms. The van der Waals surface area contributed by atoms with Crippen LogP contribution in [0, 0.1) is 0 Å². The number of halogens is 1. The molecule has 1 aliphatic rings. The van der Waals surface area contributed by atoms with Crippen LogP contribution in [0.1, 0.15) is 23.6 Å². The average molecular weight is 319 g/mol. The van der Waals surface area contributed by atoms with Crippen molar-refractivity contribution in [2.75, 3.05) is 5.32 Å². The van der Waals surface area contributed by atoms with Crippen molar-refractivity contribution in [3.63, 3.8) is 0 Å². The number of hydrogen-bond donors (Lipinski definition) is 1. The lowest BCUT2D eigenvalue weighted by Gasteiger charge is -2.16. The zero-order valence-corrected chi connectivity index (χ0v) is 12.3. The Hall–Kier alpha value is -1.55. The Labute approximate surface area is 120 Å². The van der Waals surface area contributed by atoms with E-state index in [1.807, 2.05) is 12.3 Å². The highest BCUT2D eigenvalue weighted by Crippen LogP contribution is 2.37. The lowest BCUT2D eigenvalue weighted by atomic mass is 10.1. The Morgan fingerprint density at radius 3 is 2.95 bits per heavy atom. The summed E-state index contributed by atoms with van der Waals surface area (Å²) in [6, 6.07) is 10.1. The third-order valence-electron chi connectivity index (χ3n) is 3.64. The monoisotopic (exact) mass is 318 g/mol. The van der Waals surface area contributed by atoms with E-state index < -0.39 is 0 Å². The van der Waals surface area contributed by atoms with Crippen LogP contribution in [0.4, 0.5) is 5.69 Å². The molecule has 0 fully saturated rings. The molecular formula is C15H15BrN2O. The molecule has 3 nitrogen and oxygen atoms in total. The number of aromatic nitrogens is 1. The zero-order valence-electron chi connectivity index (χ0n) is 10.7. The Kier molecular flexibility index (Phi) is 3.19. The first kappa shape index (κ1) is 12.5. The van der Waals surface area contributed by atoms with Gasteiger partial charge in [0.1, 0.15) is 0 Å². The smallest absolute Gasteiger partial charge is 0.250 e. The Morgan fingerprint density at radius 1 is 1.32 bits per heavy atom.